The highest BCUT2D eigenvalue weighted by molar-refractivity contribution is 8.01. The maximum absolute atomic E-state index is 12.4. The molecule has 0 radical (unpaired) electrons. The number of carbonyl (C=O) groups excluding carboxylic acids is 2. The monoisotopic (exact) mass is 396 g/mol. The van der Waals surface area contributed by atoms with Gasteiger partial charge < -0.3 is 10.6 Å². The Balaban J connectivity index is 1.42. The van der Waals surface area contributed by atoms with Crippen LogP contribution in [0.4, 0.5) is 5.69 Å². The Hall–Kier alpha value is -2.27. The Labute approximate surface area is 171 Å². The van der Waals surface area contributed by atoms with E-state index in [0.29, 0.717) is 12.5 Å². The van der Waals surface area contributed by atoms with Gasteiger partial charge in [-0.15, -0.1) is 11.8 Å². The molecule has 2 N–H and O–H groups in total. The van der Waals surface area contributed by atoms with Gasteiger partial charge in [-0.1, -0.05) is 42.0 Å². The summed E-state index contributed by atoms with van der Waals surface area (Å²) in [7, 11) is 0. The zero-order valence-corrected chi connectivity index (χ0v) is 17.4. The van der Waals surface area contributed by atoms with Crippen molar-refractivity contribution in [2.75, 3.05) is 17.6 Å². The van der Waals surface area contributed by atoms with Crippen LogP contribution in [0.5, 0.6) is 0 Å². The van der Waals surface area contributed by atoms with Crippen LogP contribution in [-0.4, -0.2) is 29.4 Å². The molecular formula is C23H28N2O2S. The smallest absolute Gasteiger partial charge is 0.234 e. The molecule has 0 aromatic heterocycles. The second-order valence-corrected chi connectivity index (χ2v) is 8.73. The Morgan fingerprint density at radius 2 is 1.89 bits per heavy atom. The van der Waals surface area contributed by atoms with E-state index in [1.165, 1.54) is 29.3 Å². The van der Waals surface area contributed by atoms with E-state index in [4.69, 9.17) is 0 Å². The van der Waals surface area contributed by atoms with Crippen LogP contribution < -0.4 is 10.6 Å². The average Bonchev–Trinajstić information content (AvgIpc) is 2.71. The predicted octanol–water partition coefficient (Wildman–Crippen LogP) is 4.29. The molecule has 4 nitrogen and oxygen atoms in total. The highest BCUT2D eigenvalue weighted by Gasteiger charge is 2.22. The van der Waals surface area contributed by atoms with Gasteiger partial charge in [-0.05, 0) is 56.4 Å². The number of fused-ring (bicyclic) bond motifs is 1. The van der Waals surface area contributed by atoms with E-state index >= 15 is 0 Å². The first kappa shape index (κ1) is 20.5. The first-order valence-electron chi connectivity index (χ1n) is 9.86. The van der Waals surface area contributed by atoms with Gasteiger partial charge in [0.05, 0.1) is 11.0 Å². The highest BCUT2D eigenvalue weighted by atomic mass is 32.2. The summed E-state index contributed by atoms with van der Waals surface area (Å²) >= 11 is 1.36. The van der Waals surface area contributed by atoms with Crippen molar-refractivity contribution in [1.29, 1.82) is 0 Å². The lowest BCUT2D eigenvalue weighted by Crippen LogP contribution is -2.35. The molecule has 1 aliphatic rings. The number of nitrogens with one attached hydrogen (secondary N) is 2. The number of benzene rings is 2. The molecule has 2 atom stereocenters. The standard InChI is InChI=1S/C23H28N2O2S/c1-16-10-12-20(13-11-16)25-22(26)15-28-17(2)23(27)24-14-19-8-5-7-18-6-3-4-9-21(18)19/h3-4,6,9-13,17,19H,5,7-8,14-15H2,1-2H3,(H,24,27)(H,25,26). The number of thioether (sulfide) groups is 1. The molecule has 0 saturated heterocycles. The van der Waals surface area contributed by atoms with Crippen molar-refractivity contribution in [2.45, 2.75) is 44.3 Å². The normalized spacial score (nSPS) is 16.7. The van der Waals surface area contributed by atoms with Gasteiger partial charge in [0.25, 0.3) is 0 Å². The number of aryl methyl sites for hydroxylation is 2. The van der Waals surface area contributed by atoms with Gasteiger partial charge in [0, 0.05) is 18.2 Å². The van der Waals surface area contributed by atoms with Crippen LogP contribution in [0, 0.1) is 6.92 Å². The Morgan fingerprint density at radius 1 is 1.14 bits per heavy atom. The van der Waals surface area contributed by atoms with E-state index < -0.39 is 0 Å². The van der Waals surface area contributed by atoms with E-state index in [-0.39, 0.29) is 22.8 Å². The molecule has 0 fully saturated rings. The lowest BCUT2D eigenvalue weighted by molar-refractivity contribution is -0.120. The van der Waals surface area contributed by atoms with Crippen LogP contribution in [0.3, 0.4) is 0 Å². The lowest BCUT2D eigenvalue weighted by atomic mass is 9.83. The molecule has 0 heterocycles. The lowest BCUT2D eigenvalue weighted by Gasteiger charge is -2.26. The third kappa shape index (κ3) is 5.61. The molecule has 0 aliphatic heterocycles. The number of carbonyl (C=O) groups is 2. The number of rotatable bonds is 7. The Bertz CT molecular complexity index is 820. The van der Waals surface area contributed by atoms with E-state index in [1.807, 2.05) is 38.1 Å². The summed E-state index contributed by atoms with van der Waals surface area (Å²) in [5.41, 5.74) is 4.71. The van der Waals surface area contributed by atoms with Gasteiger partial charge in [-0.3, -0.25) is 9.59 Å². The number of hydrogen-bond donors (Lipinski definition) is 2. The quantitative estimate of drug-likeness (QED) is 0.734. The van der Waals surface area contributed by atoms with Gasteiger partial charge >= 0.3 is 0 Å². The fourth-order valence-electron chi connectivity index (χ4n) is 3.54. The van der Waals surface area contributed by atoms with Crippen LogP contribution >= 0.6 is 11.8 Å². The second kappa shape index (κ2) is 9.78. The van der Waals surface area contributed by atoms with E-state index in [1.54, 1.807) is 0 Å². The molecule has 0 saturated carbocycles. The average molecular weight is 397 g/mol. The minimum absolute atomic E-state index is 0.00353. The molecule has 5 heteroatoms. The highest BCUT2D eigenvalue weighted by Crippen LogP contribution is 2.30. The molecule has 1 aliphatic carbocycles. The molecule has 148 valence electrons. The largest absolute Gasteiger partial charge is 0.355 e. The summed E-state index contributed by atoms with van der Waals surface area (Å²) in [6, 6.07) is 16.2. The molecular weight excluding hydrogens is 368 g/mol. The first-order valence-corrected chi connectivity index (χ1v) is 10.9. The minimum atomic E-state index is -0.261. The summed E-state index contributed by atoms with van der Waals surface area (Å²) in [5.74, 6) is 0.552. The maximum atomic E-state index is 12.4. The van der Waals surface area contributed by atoms with Crippen molar-refractivity contribution < 1.29 is 9.59 Å². The zero-order valence-electron chi connectivity index (χ0n) is 16.5. The Kier molecular flexibility index (Phi) is 7.15. The maximum Gasteiger partial charge on any atom is 0.234 e. The molecule has 28 heavy (non-hydrogen) atoms. The molecule has 0 spiro atoms. The predicted molar refractivity (Wildman–Crippen MR) is 117 cm³/mol. The summed E-state index contributed by atoms with van der Waals surface area (Å²) < 4.78 is 0. The Morgan fingerprint density at radius 3 is 2.68 bits per heavy atom. The van der Waals surface area contributed by atoms with E-state index in [9.17, 15) is 9.59 Å². The molecule has 2 amide bonds. The van der Waals surface area contributed by atoms with E-state index in [0.717, 1.165) is 24.1 Å². The number of anilines is 1. The molecule has 2 unspecified atom stereocenters. The van der Waals surface area contributed by atoms with Gasteiger partial charge in [0.15, 0.2) is 0 Å². The number of hydrogen-bond acceptors (Lipinski definition) is 3. The van der Waals surface area contributed by atoms with Gasteiger partial charge in [-0.25, -0.2) is 0 Å². The van der Waals surface area contributed by atoms with Crippen LogP contribution in [0.1, 0.15) is 42.4 Å². The van der Waals surface area contributed by atoms with Gasteiger partial charge in [0.2, 0.25) is 11.8 Å². The third-order valence-corrected chi connectivity index (χ3v) is 6.33. The zero-order chi connectivity index (χ0) is 19.9. The van der Waals surface area contributed by atoms with Crippen LogP contribution in [-0.2, 0) is 16.0 Å². The fourth-order valence-corrected chi connectivity index (χ4v) is 4.25. The van der Waals surface area contributed by atoms with Crippen molar-refractivity contribution in [1.82, 2.24) is 5.32 Å². The van der Waals surface area contributed by atoms with Gasteiger partial charge in [0.1, 0.15) is 0 Å². The van der Waals surface area contributed by atoms with Crippen molar-refractivity contribution in [3.8, 4) is 0 Å². The summed E-state index contributed by atoms with van der Waals surface area (Å²) in [4.78, 5) is 24.5. The topological polar surface area (TPSA) is 58.2 Å². The van der Waals surface area contributed by atoms with Crippen LogP contribution in [0.15, 0.2) is 48.5 Å². The molecule has 0 bridgehead atoms. The molecule has 2 aromatic rings. The first-order chi connectivity index (χ1) is 13.5. The number of amides is 2. The minimum Gasteiger partial charge on any atom is -0.355 e. The van der Waals surface area contributed by atoms with E-state index in [2.05, 4.69) is 34.9 Å². The molecule has 2 aromatic carbocycles. The van der Waals surface area contributed by atoms with Gasteiger partial charge in [-0.2, -0.15) is 0 Å². The van der Waals surface area contributed by atoms with Crippen molar-refractivity contribution >= 4 is 29.3 Å². The van der Waals surface area contributed by atoms with Crippen molar-refractivity contribution in [3.63, 3.8) is 0 Å². The summed E-state index contributed by atoms with van der Waals surface area (Å²) in [6.07, 6.45) is 3.40. The molecule has 3 rings (SSSR count). The SMILES string of the molecule is Cc1ccc(NC(=O)CSC(C)C(=O)NCC2CCCc3ccccc32)cc1. The van der Waals surface area contributed by atoms with Crippen LogP contribution in [0.2, 0.25) is 0 Å². The van der Waals surface area contributed by atoms with Crippen LogP contribution in [0.25, 0.3) is 0 Å². The van der Waals surface area contributed by atoms with Crippen molar-refractivity contribution in [3.05, 3.63) is 65.2 Å². The third-order valence-electron chi connectivity index (χ3n) is 5.19. The van der Waals surface area contributed by atoms with Crippen molar-refractivity contribution in [2.24, 2.45) is 0 Å². The second-order valence-electron chi connectivity index (χ2n) is 7.40. The summed E-state index contributed by atoms with van der Waals surface area (Å²) in [6.45, 7) is 4.53. The fraction of sp³-hybridized carbons (Fsp3) is 0.391. The summed E-state index contributed by atoms with van der Waals surface area (Å²) in [5, 5.41) is 5.69.